The van der Waals surface area contributed by atoms with Crippen molar-refractivity contribution in [3.63, 3.8) is 0 Å². The SMILES string of the molecule is CC(C)(C)OC(=O)N1CC(C[C@@H](F)CBr)C1. The van der Waals surface area contributed by atoms with Gasteiger partial charge in [-0.1, -0.05) is 15.9 Å². The first-order valence-electron chi connectivity index (χ1n) is 5.50. The van der Waals surface area contributed by atoms with Crippen molar-refractivity contribution in [1.82, 2.24) is 4.90 Å². The molecule has 16 heavy (non-hydrogen) atoms. The lowest BCUT2D eigenvalue weighted by atomic mass is 9.95. The van der Waals surface area contributed by atoms with E-state index >= 15 is 0 Å². The molecule has 0 spiro atoms. The van der Waals surface area contributed by atoms with E-state index in [9.17, 15) is 9.18 Å². The highest BCUT2D eigenvalue weighted by molar-refractivity contribution is 9.09. The van der Waals surface area contributed by atoms with E-state index in [1.165, 1.54) is 0 Å². The Morgan fingerprint density at radius 2 is 2.12 bits per heavy atom. The fraction of sp³-hybridized carbons (Fsp3) is 0.909. The normalized spacial score (nSPS) is 19.2. The van der Waals surface area contributed by atoms with E-state index in [1.807, 2.05) is 20.8 Å². The largest absolute Gasteiger partial charge is 0.444 e. The number of amides is 1. The minimum atomic E-state index is -0.814. The van der Waals surface area contributed by atoms with Gasteiger partial charge in [-0.15, -0.1) is 0 Å². The molecule has 1 amide bonds. The van der Waals surface area contributed by atoms with E-state index in [1.54, 1.807) is 4.90 Å². The zero-order valence-corrected chi connectivity index (χ0v) is 11.6. The van der Waals surface area contributed by atoms with Crippen LogP contribution in [0.25, 0.3) is 0 Å². The van der Waals surface area contributed by atoms with Gasteiger partial charge in [-0.25, -0.2) is 9.18 Å². The second-order valence-corrected chi connectivity index (χ2v) is 5.89. The molecule has 0 aromatic rings. The highest BCUT2D eigenvalue weighted by Crippen LogP contribution is 2.24. The minimum absolute atomic E-state index is 0.278. The van der Waals surface area contributed by atoms with Gasteiger partial charge in [0.2, 0.25) is 0 Å². The fourth-order valence-electron chi connectivity index (χ4n) is 1.62. The molecule has 94 valence electrons. The van der Waals surface area contributed by atoms with E-state index in [-0.39, 0.29) is 12.0 Å². The molecule has 0 radical (unpaired) electrons. The minimum Gasteiger partial charge on any atom is -0.444 e. The van der Waals surface area contributed by atoms with Gasteiger partial charge in [0.1, 0.15) is 11.8 Å². The molecule has 1 aliphatic rings. The van der Waals surface area contributed by atoms with Crippen LogP contribution in [0.4, 0.5) is 9.18 Å². The zero-order chi connectivity index (χ0) is 12.3. The topological polar surface area (TPSA) is 29.5 Å². The third kappa shape index (κ3) is 4.28. The van der Waals surface area contributed by atoms with Gasteiger partial charge in [0.15, 0.2) is 0 Å². The molecule has 0 bridgehead atoms. The summed E-state index contributed by atoms with van der Waals surface area (Å²) in [7, 11) is 0. The highest BCUT2D eigenvalue weighted by Gasteiger charge is 2.34. The number of rotatable bonds is 3. The molecular weight excluding hydrogens is 277 g/mol. The van der Waals surface area contributed by atoms with Crippen LogP contribution in [0.2, 0.25) is 0 Å². The summed E-state index contributed by atoms with van der Waals surface area (Å²) in [5.41, 5.74) is -0.458. The highest BCUT2D eigenvalue weighted by atomic mass is 79.9. The summed E-state index contributed by atoms with van der Waals surface area (Å²) in [4.78, 5) is 13.2. The lowest BCUT2D eigenvalue weighted by Gasteiger charge is -2.40. The van der Waals surface area contributed by atoms with Crippen molar-refractivity contribution in [1.29, 1.82) is 0 Å². The molecule has 0 aromatic heterocycles. The Bertz CT molecular complexity index is 249. The van der Waals surface area contributed by atoms with Crippen LogP contribution in [-0.2, 0) is 4.74 Å². The van der Waals surface area contributed by atoms with Gasteiger partial charge in [0.05, 0.1) is 0 Å². The molecule has 3 nitrogen and oxygen atoms in total. The summed E-state index contributed by atoms with van der Waals surface area (Å²) in [6.45, 7) is 6.74. The molecule has 1 fully saturated rings. The van der Waals surface area contributed by atoms with Crippen molar-refractivity contribution in [3.8, 4) is 0 Å². The Labute approximate surface area is 104 Å². The summed E-state index contributed by atoms with van der Waals surface area (Å²) < 4.78 is 18.2. The lowest BCUT2D eigenvalue weighted by molar-refractivity contribution is -0.00492. The summed E-state index contributed by atoms with van der Waals surface area (Å²) in [5.74, 6) is 0.278. The van der Waals surface area contributed by atoms with Gasteiger partial charge in [0.25, 0.3) is 0 Å². The summed E-state index contributed by atoms with van der Waals surface area (Å²) in [6.07, 6.45) is -0.589. The molecule has 1 saturated heterocycles. The van der Waals surface area contributed by atoms with Crippen molar-refractivity contribution < 1.29 is 13.9 Å². The number of likely N-dealkylation sites (tertiary alicyclic amines) is 1. The first-order chi connectivity index (χ1) is 7.31. The molecule has 0 aromatic carbocycles. The molecule has 0 N–H and O–H groups in total. The number of carbonyl (C=O) groups is 1. The van der Waals surface area contributed by atoms with Crippen molar-refractivity contribution >= 4 is 22.0 Å². The van der Waals surface area contributed by atoms with E-state index in [4.69, 9.17) is 4.74 Å². The number of hydrogen-bond donors (Lipinski definition) is 0. The number of alkyl halides is 2. The first-order valence-corrected chi connectivity index (χ1v) is 6.62. The van der Waals surface area contributed by atoms with Gasteiger partial charge in [-0.2, -0.15) is 0 Å². The van der Waals surface area contributed by atoms with Crippen LogP contribution in [-0.4, -0.2) is 41.2 Å². The number of ether oxygens (including phenoxy) is 1. The Balaban J connectivity index is 2.23. The van der Waals surface area contributed by atoms with E-state index < -0.39 is 11.8 Å². The molecule has 0 unspecified atom stereocenters. The number of hydrogen-bond acceptors (Lipinski definition) is 2. The van der Waals surface area contributed by atoms with Crippen LogP contribution in [0, 0.1) is 5.92 Å². The maximum Gasteiger partial charge on any atom is 0.410 e. The van der Waals surface area contributed by atoms with Gasteiger partial charge in [-0.05, 0) is 33.1 Å². The van der Waals surface area contributed by atoms with Crippen LogP contribution in [0.15, 0.2) is 0 Å². The Hall–Kier alpha value is -0.320. The van der Waals surface area contributed by atoms with Crippen molar-refractivity contribution in [3.05, 3.63) is 0 Å². The average Bonchev–Trinajstić information content (AvgIpc) is 2.06. The molecule has 0 saturated carbocycles. The maximum absolute atomic E-state index is 13.0. The Kier molecular flexibility index (Phi) is 4.59. The predicted molar refractivity (Wildman–Crippen MR) is 64.6 cm³/mol. The molecule has 1 atom stereocenters. The lowest BCUT2D eigenvalue weighted by Crippen LogP contribution is -2.52. The van der Waals surface area contributed by atoms with Crippen molar-refractivity contribution in [2.75, 3.05) is 18.4 Å². The maximum atomic E-state index is 13.0. The van der Waals surface area contributed by atoms with E-state index in [0.717, 1.165) is 0 Å². The second-order valence-electron chi connectivity index (χ2n) is 5.24. The van der Waals surface area contributed by atoms with E-state index in [2.05, 4.69) is 15.9 Å². The van der Waals surface area contributed by atoms with Crippen molar-refractivity contribution in [2.24, 2.45) is 5.92 Å². The number of nitrogens with zero attached hydrogens (tertiary/aromatic N) is 1. The molecule has 1 aliphatic heterocycles. The molecule has 1 rings (SSSR count). The van der Waals surface area contributed by atoms with Crippen LogP contribution in [0.3, 0.4) is 0 Å². The third-order valence-electron chi connectivity index (χ3n) is 2.37. The molecule has 0 aliphatic carbocycles. The first kappa shape index (κ1) is 13.7. The van der Waals surface area contributed by atoms with Gasteiger partial charge >= 0.3 is 6.09 Å². The average molecular weight is 296 g/mol. The molecule has 1 heterocycles. The summed E-state index contributed by atoms with van der Waals surface area (Å²) >= 11 is 3.10. The van der Waals surface area contributed by atoms with Crippen LogP contribution < -0.4 is 0 Å². The number of halogens is 2. The third-order valence-corrected chi connectivity index (χ3v) is 3.07. The summed E-state index contributed by atoms with van der Waals surface area (Å²) in [5, 5.41) is 0.371. The smallest absolute Gasteiger partial charge is 0.410 e. The number of carbonyl (C=O) groups excluding carboxylic acids is 1. The van der Waals surface area contributed by atoms with E-state index in [0.29, 0.717) is 24.8 Å². The van der Waals surface area contributed by atoms with Crippen LogP contribution in [0.5, 0.6) is 0 Å². The zero-order valence-electron chi connectivity index (χ0n) is 10.0. The summed E-state index contributed by atoms with van der Waals surface area (Å²) in [6, 6.07) is 0. The van der Waals surface area contributed by atoms with Gasteiger partial charge in [0, 0.05) is 18.4 Å². The molecular formula is C11H19BrFNO2. The predicted octanol–water partition coefficient (Wildman–Crippen LogP) is 2.98. The Morgan fingerprint density at radius 3 is 2.56 bits per heavy atom. The standard InChI is InChI=1S/C11H19BrFNO2/c1-11(2,3)16-10(15)14-6-8(7-14)4-9(13)5-12/h8-9H,4-7H2,1-3H3/t9-/m1/s1. The van der Waals surface area contributed by atoms with Crippen LogP contribution in [0.1, 0.15) is 27.2 Å². The second kappa shape index (κ2) is 5.34. The Morgan fingerprint density at radius 1 is 1.56 bits per heavy atom. The van der Waals surface area contributed by atoms with Gasteiger partial charge in [-0.3, -0.25) is 0 Å². The fourth-order valence-corrected chi connectivity index (χ4v) is 1.88. The monoisotopic (exact) mass is 295 g/mol. The van der Waals surface area contributed by atoms with Gasteiger partial charge < -0.3 is 9.64 Å². The quantitative estimate of drug-likeness (QED) is 0.749. The molecule has 5 heteroatoms. The van der Waals surface area contributed by atoms with Crippen LogP contribution >= 0.6 is 15.9 Å². The van der Waals surface area contributed by atoms with Crippen molar-refractivity contribution in [2.45, 2.75) is 39.0 Å².